The summed E-state index contributed by atoms with van der Waals surface area (Å²) < 4.78 is 1.57. The fourth-order valence-corrected chi connectivity index (χ4v) is 3.04. The Hall–Kier alpha value is -1.57. The summed E-state index contributed by atoms with van der Waals surface area (Å²) in [5.41, 5.74) is -0.707. The van der Waals surface area contributed by atoms with Crippen LogP contribution in [0.2, 0.25) is 10.2 Å². The highest BCUT2D eigenvalue weighted by Crippen LogP contribution is 2.26. The van der Waals surface area contributed by atoms with Gasteiger partial charge in [0.25, 0.3) is 5.91 Å². The maximum atomic E-state index is 12.5. The lowest BCUT2D eigenvalue weighted by Gasteiger charge is -2.38. The van der Waals surface area contributed by atoms with Crippen molar-refractivity contribution >= 4 is 29.1 Å². The van der Waals surface area contributed by atoms with Gasteiger partial charge in [-0.15, -0.1) is 5.10 Å². The maximum Gasteiger partial charge on any atom is 0.270 e. The fraction of sp³-hybridized carbons (Fsp3) is 0.462. The molecule has 1 saturated heterocycles. The van der Waals surface area contributed by atoms with Crippen molar-refractivity contribution in [2.45, 2.75) is 25.0 Å². The number of hydrogen-bond donors (Lipinski definition) is 2. The molecule has 1 aliphatic heterocycles. The summed E-state index contributed by atoms with van der Waals surface area (Å²) >= 11 is 11.7. The minimum absolute atomic E-state index is 0.222. The number of nitrogens with one attached hydrogen (secondary N) is 1. The van der Waals surface area contributed by atoms with Crippen LogP contribution in [0.25, 0.3) is 0 Å². The van der Waals surface area contributed by atoms with Gasteiger partial charge >= 0.3 is 0 Å². The van der Waals surface area contributed by atoms with E-state index < -0.39 is 5.60 Å². The van der Waals surface area contributed by atoms with Crippen molar-refractivity contribution < 1.29 is 9.90 Å². The van der Waals surface area contributed by atoms with E-state index in [9.17, 15) is 9.90 Å². The number of aliphatic hydroxyl groups is 1. The zero-order chi connectivity index (χ0) is 15.7. The molecule has 7 nitrogen and oxygen atoms in total. The third kappa shape index (κ3) is 3.11. The lowest BCUT2D eigenvalue weighted by Crippen LogP contribution is -2.52. The van der Waals surface area contributed by atoms with E-state index in [0.29, 0.717) is 36.6 Å². The number of aromatic nitrogens is 4. The lowest BCUT2D eigenvalue weighted by atomic mass is 9.92. The number of H-pyrrole nitrogens is 1. The van der Waals surface area contributed by atoms with Gasteiger partial charge < -0.3 is 15.0 Å². The van der Waals surface area contributed by atoms with Crippen LogP contribution in [0.4, 0.5) is 0 Å². The molecule has 1 unspecified atom stereocenters. The number of nitrogens with zero attached hydrogens (tertiary/aromatic N) is 4. The lowest BCUT2D eigenvalue weighted by molar-refractivity contribution is -0.0388. The Balaban J connectivity index is 1.73. The molecule has 0 saturated carbocycles. The molecule has 1 amide bonds. The molecule has 2 aromatic rings. The molecule has 1 atom stereocenters. The van der Waals surface area contributed by atoms with Gasteiger partial charge in [0.2, 0.25) is 0 Å². The second kappa shape index (κ2) is 5.91. The molecule has 0 aliphatic carbocycles. The first-order valence-electron chi connectivity index (χ1n) is 6.87. The van der Waals surface area contributed by atoms with Gasteiger partial charge in [-0.1, -0.05) is 28.4 Å². The van der Waals surface area contributed by atoms with Crippen LogP contribution in [0.5, 0.6) is 0 Å². The number of halogens is 2. The van der Waals surface area contributed by atoms with E-state index in [0.717, 1.165) is 0 Å². The number of piperidine rings is 1. The topological polar surface area (TPSA) is 87.0 Å². The van der Waals surface area contributed by atoms with E-state index in [1.54, 1.807) is 22.0 Å². The first kappa shape index (κ1) is 15.3. The third-order valence-corrected chi connectivity index (χ3v) is 4.42. The van der Waals surface area contributed by atoms with Crippen LogP contribution < -0.4 is 0 Å². The van der Waals surface area contributed by atoms with Crippen LogP contribution in [0, 0.1) is 0 Å². The highest BCUT2D eigenvalue weighted by molar-refractivity contribution is 6.41. The Morgan fingerprint density at radius 1 is 1.50 bits per heavy atom. The predicted octanol–water partition coefficient (Wildman–Crippen LogP) is 1.58. The van der Waals surface area contributed by atoms with Crippen molar-refractivity contribution in [3.8, 4) is 0 Å². The smallest absolute Gasteiger partial charge is 0.270 e. The number of hydrogen-bond acceptors (Lipinski definition) is 4. The number of carbonyl (C=O) groups is 1. The monoisotopic (exact) mass is 343 g/mol. The molecule has 118 valence electrons. The van der Waals surface area contributed by atoms with Crippen LogP contribution in [-0.2, 0) is 6.54 Å². The number of carbonyl (C=O) groups excluding carboxylic acids is 1. The van der Waals surface area contributed by atoms with E-state index in [1.165, 1.54) is 6.07 Å². The number of β-amino-alcohol motifs (C(OH)–C–C–N with tert-alkyl or cyclic N) is 1. The van der Waals surface area contributed by atoms with Gasteiger partial charge in [0.15, 0.2) is 0 Å². The van der Waals surface area contributed by atoms with Gasteiger partial charge in [-0.3, -0.25) is 4.79 Å². The zero-order valence-electron chi connectivity index (χ0n) is 11.7. The van der Waals surface area contributed by atoms with Gasteiger partial charge in [0.1, 0.15) is 16.4 Å². The second-order valence-electron chi connectivity index (χ2n) is 5.50. The number of rotatable bonds is 3. The summed E-state index contributed by atoms with van der Waals surface area (Å²) in [5, 5.41) is 18.8. The molecule has 0 spiro atoms. The van der Waals surface area contributed by atoms with Crippen LogP contribution in [0.1, 0.15) is 23.3 Å². The normalized spacial score (nSPS) is 22.0. The van der Waals surface area contributed by atoms with E-state index in [4.69, 9.17) is 23.2 Å². The highest BCUT2D eigenvalue weighted by Gasteiger charge is 2.36. The number of amides is 1. The summed E-state index contributed by atoms with van der Waals surface area (Å²) in [6, 6.07) is 1.50. The van der Waals surface area contributed by atoms with Gasteiger partial charge in [-0.05, 0) is 18.9 Å². The van der Waals surface area contributed by atoms with Gasteiger partial charge in [-0.2, -0.15) is 0 Å². The Bertz CT molecular complexity index is 653. The van der Waals surface area contributed by atoms with Crippen LogP contribution in [0.3, 0.4) is 0 Å². The highest BCUT2D eigenvalue weighted by atomic mass is 35.5. The molecule has 0 bridgehead atoms. The molecule has 2 N–H and O–H groups in total. The summed E-state index contributed by atoms with van der Waals surface area (Å²) in [5.74, 6) is -0.231. The first-order chi connectivity index (χ1) is 10.5. The van der Waals surface area contributed by atoms with E-state index in [1.807, 2.05) is 0 Å². The van der Waals surface area contributed by atoms with Gasteiger partial charge in [-0.25, -0.2) is 4.68 Å². The van der Waals surface area contributed by atoms with Crippen molar-refractivity contribution in [2.24, 2.45) is 0 Å². The Labute approximate surface area is 136 Å². The molecular formula is C13H15Cl2N5O2. The molecular weight excluding hydrogens is 329 g/mol. The van der Waals surface area contributed by atoms with Crippen LogP contribution >= 0.6 is 23.2 Å². The molecule has 22 heavy (non-hydrogen) atoms. The summed E-state index contributed by atoms with van der Waals surface area (Å²) in [7, 11) is 0. The second-order valence-corrected chi connectivity index (χ2v) is 6.29. The van der Waals surface area contributed by atoms with E-state index in [2.05, 4.69) is 15.3 Å². The zero-order valence-corrected chi connectivity index (χ0v) is 13.2. The predicted molar refractivity (Wildman–Crippen MR) is 80.9 cm³/mol. The van der Waals surface area contributed by atoms with Crippen molar-refractivity contribution in [1.29, 1.82) is 0 Å². The Morgan fingerprint density at radius 2 is 2.32 bits per heavy atom. The quantitative estimate of drug-likeness (QED) is 0.885. The third-order valence-electron chi connectivity index (χ3n) is 3.73. The fourth-order valence-electron chi connectivity index (χ4n) is 2.72. The van der Waals surface area contributed by atoms with Gasteiger partial charge in [0.05, 0.1) is 24.3 Å². The average Bonchev–Trinajstić information content (AvgIpc) is 3.08. The van der Waals surface area contributed by atoms with Crippen LogP contribution in [-0.4, -0.2) is 54.6 Å². The Morgan fingerprint density at radius 3 is 2.95 bits per heavy atom. The standard InChI is InChI=1S/C13H15Cl2N5O2/c14-9-6-10(17-11(9)15)12(21)19-4-1-2-13(22,7-19)8-20-5-3-16-18-20/h3,5-6,17,22H,1-2,4,7-8H2. The van der Waals surface area contributed by atoms with Crippen molar-refractivity contribution in [3.63, 3.8) is 0 Å². The average molecular weight is 344 g/mol. The Kier molecular flexibility index (Phi) is 4.12. The molecule has 3 heterocycles. The molecule has 0 radical (unpaired) electrons. The summed E-state index contributed by atoms with van der Waals surface area (Å²) in [4.78, 5) is 16.8. The van der Waals surface area contributed by atoms with Crippen molar-refractivity contribution in [2.75, 3.05) is 13.1 Å². The molecule has 2 aromatic heterocycles. The molecule has 1 aliphatic rings. The largest absolute Gasteiger partial charge is 0.386 e. The summed E-state index contributed by atoms with van der Waals surface area (Å²) in [6.45, 7) is 1.09. The molecule has 0 aromatic carbocycles. The van der Waals surface area contributed by atoms with E-state index >= 15 is 0 Å². The summed E-state index contributed by atoms with van der Waals surface area (Å²) in [6.07, 6.45) is 4.54. The van der Waals surface area contributed by atoms with Gasteiger partial charge in [0, 0.05) is 12.7 Å². The van der Waals surface area contributed by atoms with Crippen LogP contribution in [0.15, 0.2) is 18.5 Å². The number of aromatic amines is 1. The SMILES string of the molecule is O=C(c1cc(Cl)c(Cl)[nH]1)N1CCCC(O)(Cn2ccnn2)C1. The number of likely N-dealkylation sites (tertiary alicyclic amines) is 1. The first-order valence-corrected chi connectivity index (χ1v) is 7.62. The van der Waals surface area contributed by atoms with Crippen molar-refractivity contribution in [1.82, 2.24) is 24.9 Å². The van der Waals surface area contributed by atoms with Crippen molar-refractivity contribution in [3.05, 3.63) is 34.3 Å². The minimum Gasteiger partial charge on any atom is -0.386 e. The maximum absolute atomic E-state index is 12.5. The molecule has 1 fully saturated rings. The van der Waals surface area contributed by atoms with E-state index in [-0.39, 0.29) is 17.6 Å². The molecule has 9 heteroatoms. The molecule has 3 rings (SSSR count). The minimum atomic E-state index is -1.03.